The number of sulfonamides is 1. The number of carboxylic acid groups (broad SMARTS) is 1. The molecule has 0 radical (unpaired) electrons. The van der Waals surface area contributed by atoms with Crippen LogP contribution in [0.1, 0.15) is 37.7 Å². The molecular weight excluding hydrogens is 328 g/mol. The smallest absolute Gasteiger partial charge is 0.407 e. The summed E-state index contributed by atoms with van der Waals surface area (Å²) in [5.74, 6) is -1.81. The van der Waals surface area contributed by atoms with Gasteiger partial charge in [0.25, 0.3) is 10.0 Å². The molecule has 0 aliphatic carbocycles. The van der Waals surface area contributed by atoms with Crippen LogP contribution in [-0.2, 0) is 14.8 Å². The Hall–Kier alpha value is -2.07. The summed E-state index contributed by atoms with van der Waals surface area (Å²) >= 11 is 0. The Kier molecular flexibility index (Phi) is 6.16. The molecule has 1 amide bonds. The lowest BCUT2D eigenvalue weighted by Gasteiger charge is -2.19. The fourth-order valence-electron chi connectivity index (χ4n) is 1.45. The average molecular weight is 348 g/mol. The molecule has 3 N–H and O–H groups in total. The number of hydrogen-bond donors (Lipinski definition) is 3. The van der Waals surface area contributed by atoms with Gasteiger partial charge in [0.2, 0.25) is 10.9 Å². The minimum Gasteiger partial charge on any atom is -0.475 e. The fourth-order valence-corrected chi connectivity index (χ4v) is 2.45. The number of nitrogens with one attached hydrogen (secondary N) is 2. The fraction of sp³-hybridized carbons (Fsp3) is 0.538. The van der Waals surface area contributed by atoms with Gasteiger partial charge in [0, 0.05) is 13.1 Å². The number of carbonyl (C=O) groups is 2. The Balaban J connectivity index is 2.37. The number of rotatable bonds is 7. The van der Waals surface area contributed by atoms with E-state index < -0.39 is 38.5 Å². The van der Waals surface area contributed by atoms with E-state index in [9.17, 15) is 18.0 Å². The summed E-state index contributed by atoms with van der Waals surface area (Å²) in [7, 11) is -3.93. The van der Waals surface area contributed by atoms with Gasteiger partial charge in [0.15, 0.2) is 0 Å². The molecule has 0 aliphatic heterocycles. The van der Waals surface area contributed by atoms with Crippen molar-refractivity contribution in [3.8, 4) is 0 Å². The van der Waals surface area contributed by atoms with Crippen LogP contribution in [0.2, 0.25) is 0 Å². The molecule has 1 aromatic rings. The molecular formula is C13H20N2O7S. The molecule has 0 aromatic carbocycles. The van der Waals surface area contributed by atoms with Crippen molar-refractivity contribution in [2.45, 2.75) is 37.9 Å². The largest absolute Gasteiger partial charge is 0.475 e. The number of amides is 1. The van der Waals surface area contributed by atoms with Crippen LogP contribution in [0.5, 0.6) is 0 Å². The predicted molar refractivity (Wildman–Crippen MR) is 79.7 cm³/mol. The predicted octanol–water partition coefficient (Wildman–Crippen LogP) is 1.17. The molecule has 0 unspecified atom stereocenters. The molecule has 0 saturated carbocycles. The van der Waals surface area contributed by atoms with E-state index in [1.807, 2.05) is 0 Å². The number of hydrogen-bond acceptors (Lipinski definition) is 6. The van der Waals surface area contributed by atoms with Gasteiger partial charge in [-0.05, 0) is 39.3 Å². The van der Waals surface area contributed by atoms with Gasteiger partial charge < -0.3 is 19.6 Å². The molecule has 23 heavy (non-hydrogen) atoms. The van der Waals surface area contributed by atoms with E-state index >= 15 is 0 Å². The molecule has 1 aromatic heterocycles. The lowest BCUT2D eigenvalue weighted by Crippen LogP contribution is -2.34. The van der Waals surface area contributed by atoms with Crippen molar-refractivity contribution in [2.24, 2.45) is 0 Å². The summed E-state index contributed by atoms with van der Waals surface area (Å²) in [5.41, 5.74) is -0.604. The minimum absolute atomic E-state index is 0.0429. The summed E-state index contributed by atoms with van der Waals surface area (Å²) in [4.78, 5) is 22.0. The first-order valence-electron chi connectivity index (χ1n) is 6.81. The van der Waals surface area contributed by atoms with Crippen LogP contribution in [0.25, 0.3) is 0 Å². The SMILES string of the molecule is CC(C)(C)OC(=O)NCCCNS(=O)(=O)c1ccc(C(=O)O)o1. The average Bonchev–Trinajstić information content (AvgIpc) is 2.86. The molecule has 0 aliphatic rings. The lowest BCUT2D eigenvalue weighted by atomic mass is 10.2. The molecule has 0 saturated heterocycles. The summed E-state index contributed by atoms with van der Waals surface area (Å²) in [6.07, 6.45) is -0.261. The molecule has 1 heterocycles. The summed E-state index contributed by atoms with van der Waals surface area (Å²) in [6.45, 7) is 5.46. The Morgan fingerprint density at radius 2 is 1.91 bits per heavy atom. The molecule has 10 heteroatoms. The zero-order valence-electron chi connectivity index (χ0n) is 13.1. The quantitative estimate of drug-likeness (QED) is 0.629. The van der Waals surface area contributed by atoms with E-state index in [0.29, 0.717) is 6.42 Å². The highest BCUT2D eigenvalue weighted by Crippen LogP contribution is 2.13. The van der Waals surface area contributed by atoms with E-state index in [0.717, 1.165) is 12.1 Å². The van der Waals surface area contributed by atoms with E-state index in [1.165, 1.54) is 0 Å². The molecule has 0 spiro atoms. The van der Waals surface area contributed by atoms with Crippen molar-refractivity contribution in [2.75, 3.05) is 13.1 Å². The first kappa shape index (κ1) is 19.0. The van der Waals surface area contributed by atoms with E-state index in [4.69, 9.17) is 14.3 Å². The van der Waals surface area contributed by atoms with Gasteiger partial charge in [0.1, 0.15) is 5.60 Å². The van der Waals surface area contributed by atoms with Crippen molar-refractivity contribution in [1.82, 2.24) is 10.0 Å². The normalized spacial score (nSPS) is 12.0. The van der Waals surface area contributed by atoms with Gasteiger partial charge in [0.05, 0.1) is 0 Å². The maximum absolute atomic E-state index is 11.8. The lowest BCUT2D eigenvalue weighted by molar-refractivity contribution is 0.0526. The van der Waals surface area contributed by atoms with Crippen LogP contribution in [0.4, 0.5) is 4.79 Å². The third-order valence-corrected chi connectivity index (χ3v) is 3.70. The highest BCUT2D eigenvalue weighted by Gasteiger charge is 2.20. The van der Waals surface area contributed by atoms with Crippen molar-refractivity contribution in [3.05, 3.63) is 17.9 Å². The van der Waals surface area contributed by atoms with Gasteiger partial charge in [-0.3, -0.25) is 0 Å². The van der Waals surface area contributed by atoms with Crippen LogP contribution in [0.3, 0.4) is 0 Å². The number of carboxylic acids is 1. The molecule has 0 fully saturated rings. The van der Waals surface area contributed by atoms with Gasteiger partial charge >= 0.3 is 12.1 Å². The molecule has 0 atom stereocenters. The Morgan fingerprint density at radius 3 is 2.43 bits per heavy atom. The third kappa shape index (κ3) is 6.70. The molecule has 0 bridgehead atoms. The number of furan rings is 1. The summed E-state index contributed by atoms with van der Waals surface area (Å²) in [6, 6.07) is 2.12. The highest BCUT2D eigenvalue weighted by molar-refractivity contribution is 7.89. The number of carbonyl (C=O) groups excluding carboxylic acids is 1. The van der Waals surface area contributed by atoms with E-state index in [1.54, 1.807) is 20.8 Å². The van der Waals surface area contributed by atoms with Crippen LogP contribution in [0.15, 0.2) is 21.6 Å². The third-order valence-electron chi connectivity index (χ3n) is 2.37. The molecule has 9 nitrogen and oxygen atoms in total. The number of aromatic carboxylic acids is 1. The standard InChI is InChI=1S/C13H20N2O7S/c1-13(2,3)22-12(18)14-7-4-8-15-23(19,20)10-6-5-9(21-10)11(16)17/h5-6,15H,4,7-8H2,1-3H3,(H,14,18)(H,16,17). The maximum atomic E-state index is 11.8. The second-order valence-electron chi connectivity index (χ2n) is 5.60. The second-order valence-corrected chi connectivity index (χ2v) is 7.30. The first-order chi connectivity index (χ1) is 10.5. The summed E-state index contributed by atoms with van der Waals surface area (Å²) in [5, 5.41) is 10.7. The Bertz CT molecular complexity index is 658. The summed E-state index contributed by atoms with van der Waals surface area (Å²) < 4.78 is 35.7. The van der Waals surface area contributed by atoms with Gasteiger partial charge in [-0.15, -0.1) is 0 Å². The Morgan fingerprint density at radius 1 is 1.26 bits per heavy atom. The molecule has 1 rings (SSSR count). The van der Waals surface area contributed by atoms with Crippen LogP contribution in [0, 0.1) is 0 Å². The molecule has 130 valence electrons. The van der Waals surface area contributed by atoms with Crippen molar-refractivity contribution >= 4 is 22.1 Å². The van der Waals surface area contributed by atoms with Crippen molar-refractivity contribution in [3.63, 3.8) is 0 Å². The van der Waals surface area contributed by atoms with Crippen molar-refractivity contribution in [1.29, 1.82) is 0 Å². The monoisotopic (exact) mass is 348 g/mol. The van der Waals surface area contributed by atoms with Crippen LogP contribution < -0.4 is 10.0 Å². The van der Waals surface area contributed by atoms with Crippen molar-refractivity contribution < 1.29 is 32.3 Å². The van der Waals surface area contributed by atoms with E-state index in [-0.39, 0.29) is 13.1 Å². The van der Waals surface area contributed by atoms with Gasteiger partial charge in [-0.1, -0.05) is 0 Å². The zero-order valence-corrected chi connectivity index (χ0v) is 13.9. The minimum atomic E-state index is -3.93. The van der Waals surface area contributed by atoms with Crippen LogP contribution in [-0.4, -0.2) is 44.3 Å². The Labute approximate surface area is 134 Å². The topological polar surface area (TPSA) is 135 Å². The van der Waals surface area contributed by atoms with Gasteiger partial charge in [-0.25, -0.2) is 22.7 Å². The highest BCUT2D eigenvalue weighted by atomic mass is 32.2. The maximum Gasteiger partial charge on any atom is 0.407 e. The van der Waals surface area contributed by atoms with E-state index in [2.05, 4.69) is 10.0 Å². The first-order valence-corrected chi connectivity index (χ1v) is 8.29. The number of ether oxygens (including phenoxy) is 1. The van der Waals surface area contributed by atoms with Gasteiger partial charge in [-0.2, -0.15) is 0 Å². The number of alkyl carbamates (subject to hydrolysis) is 1. The zero-order chi connectivity index (χ0) is 17.7. The van der Waals surface area contributed by atoms with Crippen LogP contribution >= 0.6 is 0 Å². The second kappa shape index (κ2) is 7.47.